The van der Waals surface area contributed by atoms with Gasteiger partial charge >= 0.3 is 12.0 Å². The van der Waals surface area contributed by atoms with Crippen molar-refractivity contribution in [2.24, 2.45) is 5.92 Å². The molecule has 3 N–H and O–H groups in total. The summed E-state index contributed by atoms with van der Waals surface area (Å²) >= 11 is 0. The van der Waals surface area contributed by atoms with E-state index >= 15 is 0 Å². The molecule has 2 amide bonds. The van der Waals surface area contributed by atoms with E-state index in [1.807, 2.05) is 6.92 Å². The van der Waals surface area contributed by atoms with Gasteiger partial charge < -0.3 is 20.4 Å². The highest BCUT2D eigenvalue weighted by Crippen LogP contribution is 2.34. The van der Waals surface area contributed by atoms with Crippen molar-refractivity contribution in [3.8, 4) is 0 Å². The minimum atomic E-state index is -1.13. The van der Waals surface area contributed by atoms with Crippen LogP contribution in [0.5, 0.6) is 0 Å². The number of aliphatic hydroxyl groups is 1. The van der Waals surface area contributed by atoms with Crippen LogP contribution in [-0.2, 0) is 4.79 Å². The zero-order valence-electron chi connectivity index (χ0n) is 10.2. The molecule has 0 aromatic heterocycles. The van der Waals surface area contributed by atoms with Gasteiger partial charge in [0, 0.05) is 26.1 Å². The second-order valence-electron chi connectivity index (χ2n) is 4.54. The molecule has 1 rings (SSSR count). The van der Waals surface area contributed by atoms with E-state index in [0.29, 0.717) is 5.92 Å². The molecule has 0 heterocycles. The summed E-state index contributed by atoms with van der Waals surface area (Å²) in [7, 11) is 1.66. The number of rotatable bonds is 6. The first kappa shape index (κ1) is 13.8. The molecule has 0 radical (unpaired) electrons. The lowest BCUT2D eigenvalue weighted by atomic mass is 10.2. The first-order valence-corrected chi connectivity index (χ1v) is 5.84. The zero-order chi connectivity index (χ0) is 13.0. The number of nitrogens with zero attached hydrogens (tertiary/aromatic N) is 1. The first-order valence-electron chi connectivity index (χ1n) is 5.84. The van der Waals surface area contributed by atoms with Crippen molar-refractivity contribution in [1.82, 2.24) is 10.2 Å². The summed E-state index contributed by atoms with van der Waals surface area (Å²) in [5, 5.41) is 20.0. The molecule has 1 fully saturated rings. The number of urea groups is 1. The lowest BCUT2D eigenvalue weighted by molar-refractivity contribution is -0.139. The van der Waals surface area contributed by atoms with Crippen LogP contribution >= 0.6 is 0 Å². The monoisotopic (exact) mass is 244 g/mol. The number of carboxylic acids is 1. The van der Waals surface area contributed by atoms with Gasteiger partial charge in [-0.2, -0.15) is 0 Å². The summed E-state index contributed by atoms with van der Waals surface area (Å²) in [4.78, 5) is 24.1. The van der Waals surface area contributed by atoms with Gasteiger partial charge in [0.1, 0.15) is 6.04 Å². The fourth-order valence-corrected chi connectivity index (χ4v) is 1.72. The summed E-state index contributed by atoms with van der Waals surface area (Å²) in [5.74, 6) is -0.591. The van der Waals surface area contributed by atoms with E-state index in [-0.39, 0.29) is 19.1 Å². The average molecular weight is 244 g/mol. The summed E-state index contributed by atoms with van der Waals surface area (Å²) in [5.41, 5.74) is 0. The highest BCUT2D eigenvalue weighted by Gasteiger charge is 2.33. The van der Waals surface area contributed by atoms with Crippen LogP contribution in [0.2, 0.25) is 0 Å². The van der Waals surface area contributed by atoms with E-state index in [1.54, 1.807) is 7.05 Å². The van der Waals surface area contributed by atoms with Gasteiger partial charge in [0.2, 0.25) is 0 Å². The molecule has 98 valence electrons. The fourth-order valence-electron chi connectivity index (χ4n) is 1.72. The van der Waals surface area contributed by atoms with Crippen molar-refractivity contribution in [3.05, 3.63) is 0 Å². The average Bonchev–Trinajstić information content (AvgIpc) is 3.09. The second kappa shape index (κ2) is 5.86. The van der Waals surface area contributed by atoms with E-state index in [1.165, 1.54) is 4.90 Å². The lowest BCUT2D eigenvalue weighted by Crippen LogP contribution is -2.49. The molecule has 1 aliphatic rings. The zero-order valence-corrected chi connectivity index (χ0v) is 10.2. The van der Waals surface area contributed by atoms with E-state index in [4.69, 9.17) is 10.2 Å². The Labute approximate surface area is 101 Å². The highest BCUT2D eigenvalue weighted by atomic mass is 16.4. The van der Waals surface area contributed by atoms with Gasteiger partial charge in [0.25, 0.3) is 0 Å². The van der Waals surface area contributed by atoms with Crippen LogP contribution in [0.1, 0.15) is 26.2 Å². The maximum Gasteiger partial charge on any atom is 0.326 e. The largest absolute Gasteiger partial charge is 0.480 e. The minimum absolute atomic E-state index is 0.0206. The predicted octanol–water partition coefficient (Wildman–Crippen LogP) is 0.262. The summed E-state index contributed by atoms with van der Waals surface area (Å²) < 4.78 is 0. The van der Waals surface area contributed by atoms with Crippen LogP contribution < -0.4 is 5.32 Å². The van der Waals surface area contributed by atoms with Crippen molar-refractivity contribution in [1.29, 1.82) is 0 Å². The smallest absolute Gasteiger partial charge is 0.326 e. The molecular formula is C11H20N2O4. The second-order valence-corrected chi connectivity index (χ2v) is 4.54. The molecular weight excluding hydrogens is 224 g/mol. The van der Waals surface area contributed by atoms with Gasteiger partial charge in [-0.25, -0.2) is 9.59 Å². The van der Waals surface area contributed by atoms with Gasteiger partial charge in [-0.1, -0.05) is 0 Å². The maximum absolute atomic E-state index is 11.8. The molecule has 1 aliphatic carbocycles. The molecule has 0 bridgehead atoms. The maximum atomic E-state index is 11.8. The number of aliphatic hydroxyl groups excluding tert-OH is 1. The third kappa shape index (κ3) is 3.89. The van der Waals surface area contributed by atoms with Gasteiger partial charge in [0.05, 0.1) is 0 Å². The molecule has 6 nitrogen and oxygen atoms in total. The third-order valence-corrected chi connectivity index (χ3v) is 3.25. The molecule has 2 atom stereocenters. The first-order chi connectivity index (χ1) is 7.97. The van der Waals surface area contributed by atoms with Gasteiger partial charge in [-0.3, -0.25) is 0 Å². The van der Waals surface area contributed by atoms with Crippen molar-refractivity contribution < 1.29 is 19.8 Å². The Morgan fingerprint density at radius 2 is 2.06 bits per heavy atom. The van der Waals surface area contributed by atoms with E-state index in [9.17, 15) is 9.59 Å². The molecule has 0 aromatic rings. The van der Waals surface area contributed by atoms with Crippen molar-refractivity contribution >= 4 is 12.0 Å². The number of carboxylic acid groups (broad SMARTS) is 1. The third-order valence-electron chi connectivity index (χ3n) is 3.25. The number of hydrogen-bond acceptors (Lipinski definition) is 3. The minimum Gasteiger partial charge on any atom is -0.480 e. The quantitative estimate of drug-likeness (QED) is 0.625. The Kier molecular flexibility index (Phi) is 4.74. The number of aliphatic carboxylic acids is 1. The summed E-state index contributed by atoms with van der Waals surface area (Å²) in [6.07, 6.45) is 2.27. The lowest BCUT2D eigenvalue weighted by Gasteiger charge is -2.26. The van der Waals surface area contributed by atoms with Crippen molar-refractivity contribution in [2.45, 2.75) is 38.3 Å². The number of hydrogen-bond donors (Lipinski definition) is 3. The number of nitrogens with one attached hydrogen (secondary N) is 1. The standard InChI is InChI=1S/C11H20N2O4/c1-7(8-3-4-8)13(2)11(17)12-9(5-6-14)10(15)16/h7-9,14H,3-6H2,1-2H3,(H,12,17)(H,15,16)/t7?,9-/m0/s1. The molecule has 0 aliphatic heterocycles. The van der Waals surface area contributed by atoms with Crippen LogP contribution in [0.25, 0.3) is 0 Å². The van der Waals surface area contributed by atoms with Crippen molar-refractivity contribution in [3.63, 3.8) is 0 Å². The topological polar surface area (TPSA) is 89.9 Å². The molecule has 6 heteroatoms. The normalized spacial score (nSPS) is 18.3. The molecule has 1 saturated carbocycles. The SMILES string of the molecule is CC(C1CC1)N(C)C(=O)N[C@@H](CCO)C(=O)O. The number of carbonyl (C=O) groups excluding carboxylic acids is 1. The fraction of sp³-hybridized carbons (Fsp3) is 0.818. The van der Waals surface area contributed by atoms with Gasteiger partial charge in [-0.15, -0.1) is 0 Å². The number of carbonyl (C=O) groups is 2. The molecule has 1 unspecified atom stereocenters. The van der Waals surface area contributed by atoms with Crippen LogP contribution in [0.3, 0.4) is 0 Å². The molecule has 17 heavy (non-hydrogen) atoms. The van der Waals surface area contributed by atoms with Crippen LogP contribution in [0.15, 0.2) is 0 Å². The van der Waals surface area contributed by atoms with Gasteiger partial charge in [-0.05, 0) is 25.7 Å². The summed E-state index contributed by atoms with van der Waals surface area (Å²) in [6, 6.07) is -1.30. The van der Waals surface area contributed by atoms with Crippen LogP contribution in [0.4, 0.5) is 4.79 Å². The molecule has 0 spiro atoms. The number of amides is 2. The van der Waals surface area contributed by atoms with Gasteiger partial charge in [0.15, 0.2) is 0 Å². The molecule has 0 saturated heterocycles. The Morgan fingerprint density at radius 3 is 2.47 bits per heavy atom. The summed E-state index contributed by atoms with van der Waals surface area (Å²) in [6.45, 7) is 1.69. The Morgan fingerprint density at radius 1 is 1.47 bits per heavy atom. The Bertz CT molecular complexity index is 291. The Hall–Kier alpha value is -1.30. The van der Waals surface area contributed by atoms with Crippen LogP contribution in [-0.4, -0.2) is 52.9 Å². The molecule has 0 aromatic carbocycles. The van der Waals surface area contributed by atoms with E-state index in [0.717, 1.165) is 12.8 Å². The Balaban J connectivity index is 2.47. The van der Waals surface area contributed by atoms with E-state index < -0.39 is 18.0 Å². The van der Waals surface area contributed by atoms with E-state index in [2.05, 4.69) is 5.32 Å². The van der Waals surface area contributed by atoms with Crippen molar-refractivity contribution in [2.75, 3.05) is 13.7 Å². The predicted molar refractivity (Wildman–Crippen MR) is 61.6 cm³/mol. The highest BCUT2D eigenvalue weighted by molar-refractivity contribution is 5.82. The van der Waals surface area contributed by atoms with Crippen LogP contribution in [0, 0.1) is 5.92 Å².